The number of alkyl halides is 1. The summed E-state index contributed by atoms with van der Waals surface area (Å²) < 4.78 is 50.4. The molecular formula is C20H30FN4O11P. The molecular weight excluding hydrogens is 522 g/mol. The standard InChI is InChI=1S/C20H30FN4O11P/c1-6-33-13(27)10(3)23-37(32,24-11(4)14(28)34-7-2)36-15-19(31)18(5,30)16(35-20(15,19)21)25-9-8-12(26)22-17(25)29/h8-11,15-16,30-31H,6-7H2,1-5H3,(H,22,26,29)(H2,23,24,32)/t10?,11?,15?,16-,18+,19+,20-,37?/m1/s1. The van der Waals surface area contributed by atoms with Gasteiger partial charge in [-0.25, -0.2) is 19.4 Å². The van der Waals surface area contributed by atoms with Crippen LogP contribution in [0.4, 0.5) is 4.39 Å². The molecule has 0 aromatic carbocycles. The van der Waals surface area contributed by atoms with Gasteiger partial charge in [0.05, 0.1) is 13.2 Å². The van der Waals surface area contributed by atoms with E-state index in [2.05, 4.69) is 10.2 Å². The summed E-state index contributed by atoms with van der Waals surface area (Å²) in [5, 5.41) is 26.8. The van der Waals surface area contributed by atoms with Crippen LogP contribution in [0.2, 0.25) is 0 Å². The molecule has 5 N–H and O–H groups in total. The second kappa shape index (κ2) is 10.0. The van der Waals surface area contributed by atoms with Crippen LogP contribution in [0, 0.1) is 0 Å². The van der Waals surface area contributed by atoms with Crippen molar-refractivity contribution in [2.75, 3.05) is 13.2 Å². The molecule has 1 saturated carbocycles. The number of carbonyl (C=O) groups excluding carboxylic acids is 2. The van der Waals surface area contributed by atoms with Crippen LogP contribution in [0.15, 0.2) is 21.9 Å². The summed E-state index contributed by atoms with van der Waals surface area (Å²) in [4.78, 5) is 49.6. The lowest BCUT2D eigenvalue weighted by Gasteiger charge is -2.33. The lowest BCUT2D eigenvalue weighted by Crippen LogP contribution is -2.51. The van der Waals surface area contributed by atoms with Crippen molar-refractivity contribution in [3.63, 3.8) is 0 Å². The zero-order chi connectivity index (χ0) is 28.0. The second-order valence-corrected chi connectivity index (χ2v) is 10.6. The van der Waals surface area contributed by atoms with Crippen molar-refractivity contribution in [3.05, 3.63) is 33.1 Å². The topological polar surface area (TPSA) is 208 Å². The molecule has 1 aliphatic carbocycles. The highest BCUT2D eigenvalue weighted by atomic mass is 31.2. The number of aromatic amines is 1. The van der Waals surface area contributed by atoms with Gasteiger partial charge in [-0.1, -0.05) is 0 Å². The maximum absolute atomic E-state index is 15.8. The van der Waals surface area contributed by atoms with Gasteiger partial charge in [-0.05, 0) is 34.6 Å². The maximum Gasteiger partial charge on any atom is 0.342 e. The van der Waals surface area contributed by atoms with E-state index in [1.54, 1.807) is 13.8 Å². The van der Waals surface area contributed by atoms with Crippen molar-refractivity contribution < 1.29 is 47.5 Å². The van der Waals surface area contributed by atoms with E-state index in [1.807, 2.05) is 4.98 Å². The van der Waals surface area contributed by atoms with Gasteiger partial charge >= 0.3 is 25.3 Å². The van der Waals surface area contributed by atoms with E-state index >= 15 is 4.39 Å². The summed E-state index contributed by atoms with van der Waals surface area (Å²) in [5.74, 6) is -4.87. The van der Waals surface area contributed by atoms with Crippen LogP contribution in [-0.4, -0.2) is 80.2 Å². The summed E-state index contributed by atoms with van der Waals surface area (Å²) in [5.41, 5.74) is -7.23. The largest absolute Gasteiger partial charge is 0.465 e. The molecule has 2 heterocycles. The summed E-state index contributed by atoms with van der Waals surface area (Å²) in [6, 6.07) is -1.65. The van der Waals surface area contributed by atoms with Gasteiger partial charge in [0.25, 0.3) is 11.4 Å². The molecule has 37 heavy (non-hydrogen) atoms. The number of hydrogen-bond acceptors (Lipinski definition) is 11. The van der Waals surface area contributed by atoms with E-state index in [4.69, 9.17) is 18.7 Å². The molecule has 1 aliphatic heterocycles. The van der Waals surface area contributed by atoms with Crippen LogP contribution in [0.25, 0.3) is 0 Å². The van der Waals surface area contributed by atoms with E-state index in [1.165, 1.54) is 13.8 Å². The lowest BCUT2D eigenvalue weighted by molar-refractivity contribution is -0.180. The van der Waals surface area contributed by atoms with Crippen molar-refractivity contribution in [3.8, 4) is 0 Å². The third-order valence-electron chi connectivity index (χ3n) is 6.05. The number of fused-ring (bicyclic) bond motifs is 1. The van der Waals surface area contributed by atoms with E-state index in [9.17, 15) is 34.0 Å². The Balaban J connectivity index is 1.90. The quantitative estimate of drug-likeness (QED) is 0.162. The van der Waals surface area contributed by atoms with Gasteiger partial charge in [0, 0.05) is 12.3 Å². The molecule has 1 aromatic heterocycles. The first-order valence-electron chi connectivity index (χ1n) is 11.4. The fourth-order valence-corrected chi connectivity index (χ4v) is 6.09. The first-order valence-corrected chi connectivity index (χ1v) is 13.0. The predicted octanol–water partition coefficient (Wildman–Crippen LogP) is -1.20. The molecule has 0 amide bonds. The normalized spacial score (nSPS) is 33.6. The van der Waals surface area contributed by atoms with Crippen molar-refractivity contribution in [1.82, 2.24) is 19.7 Å². The van der Waals surface area contributed by atoms with Crippen LogP contribution >= 0.6 is 7.67 Å². The van der Waals surface area contributed by atoms with E-state index in [-0.39, 0.29) is 13.2 Å². The summed E-state index contributed by atoms with van der Waals surface area (Å²) in [7, 11) is -4.59. The van der Waals surface area contributed by atoms with Gasteiger partial charge in [-0.3, -0.25) is 33.0 Å². The SMILES string of the molecule is CCOC(=O)C(C)NP(=O)(NC(C)C(=O)OCC)OC1[C@]2(O)[C@@](C)(O)[C@H](n3ccc(=O)[nH]c3=O)O[C@]12F. The zero-order valence-electron chi connectivity index (χ0n) is 20.7. The molecule has 0 spiro atoms. The van der Waals surface area contributed by atoms with Gasteiger partial charge in [0.15, 0.2) is 17.9 Å². The number of aromatic nitrogens is 2. The Hall–Kier alpha value is -2.46. The van der Waals surface area contributed by atoms with Crippen molar-refractivity contribution in [2.24, 2.45) is 0 Å². The number of aliphatic hydroxyl groups is 2. The number of carbonyl (C=O) groups is 2. The third-order valence-corrected chi connectivity index (χ3v) is 8.02. The molecule has 0 bridgehead atoms. The number of H-pyrrole nitrogens is 1. The van der Waals surface area contributed by atoms with E-state index < -0.39 is 72.3 Å². The second-order valence-electron chi connectivity index (χ2n) is 8.79. The van der Waals surface area contributed by atoms with Gasteiger partial charge < -0.3 is 24.4 Å². The van der Waals surface area contributed by atoms with E-state index in [0.717, 1.165) is 19.2 Å². The molecule has 15 nitrogen and oxygen atoms in total. The average Bonchev–Trinajstić information content (AvgIpc) is 3.19. The fraction of sp³-hybridized carbons (Fsp3) is 0.700. The Kier molecular flexibility index (Phi) is 7.88. The van der Waals surface area contributed by atoms with Gasteiger partial charge in [-0.2, -0.15) is 0 Å². The maximum atomic E-state index is 15.8. The molecule has 2 aliphatic rings. The third kappa shape index (κ3) is 4.90. The monoisotopic (exact) mass is 552 g/mol. The fourth-order valence-electron chi connectivity index (χ4n) is 4.08. The van der Waals surface area contributed by atoms with Gasteiger partial charge in [-0.15, -0.1) is 0 Å². The number of rotatable bonds is 11. The minimum Gasteiger partial charge on any atom is -0.465 e. The minimum atomic E-state index is -4.59. The van der Waals surface area contributed by atoms with Crippen LogP contribution in [0.5, 0.6) is 0 Å². The van der Waals surface area contributed by atoms with Crippen molar-refractivity contribution in [2.45, 2.75) is 76.1 Å². The molecule has 3 unspecified atom stereocenters. The Morgan fingerprint density at radius 2 is 1.70 bits per heavy atom. The molecule has 17 heteroatoms. The van der Waals surface area contributed by atoms with Crippen LogP contribution < -0.4 is 21.4 Å². The smallest absolute Gasteiger partial charge is 0.342 e. The molecule has 0 radical (unpaired) electrons. The number of nitrogens with one attached hydrogen (secondary N) is 3. The Morgan fingerprint density at radius 1 is 1.19 bits per heavy atom. The van der Waals surface area contributed by atoms with Gasteiger partial charge in [0.1, 0.15) is 17.7 Å². The first-order chi connectivity index (χ1) is 17.1. The molecule has 1 aromatic rings. The van der Waals surface area contributed by atoms with Crippen molar-refractivity contribution >= 4 is 19.6 Å². The van der Waals surface area contributed by atoms with E-state index in [0.29, 0.717) is 4.57 Å². The van der Waals surface area contributed by atoms with Crippen LogP contribution in [0.1, 0.15) is 40.8 Å². The van der Waals surface area contributed by atoms with Crippen LogP contribution in [-0.2, 0) is 32.9 Å². The Morgan fingerprint density at radius 3 is 2.11 bits per heavy atom. The highest BCUT2D eigenvalue weighted by molar-refractivity contribution is 7.54. The highest BCUT2D eigenvalue weighted by Gasteiger charge is 2.95. The number of ether oxygens (including phenoxy) is 3. The molecule has 2 fully saturated rings. The minimum absolute atomic E-state index is 0.000846. The van der Waals surface area contributed by atoms with Gasteiger partial charge in [0.2, 0.25) is 0 Å². The van der Waals surface area contributed by atoms with Crippen molar-refractivity contribution in [1.29, 1.82) is 0 Å². The number of hydrogen-bond donors (Lipinski definition) is 5. The molecule has 3 rings (SSSR count). The number of esters is 2. The number of halogens is 1. The average molecular weight is 552 g/mol. The van der Waals surface area contributed by atoms with Crippen LogP contribution in [0.3, 0.4) is 0 Å². The summed E-state index contributed by atoms with van der Waals surface area (Å²) >= 11 is 0. The summed E-state index contributed by atoms with van der Waals surface area (Å²) in [6.07, 6.45) is -2.99. The molecule has 208 valence electrons. The lowest BCUT2D eigenvalue weighted by atomic mass is 9.95. The summed E-state index contributed by atoms with van der Waals surface area (Å²) in [6.45, 7) is 6.57. The highest BCUT2D eigenvalue weighted by Crippen LogP contribution is 2.71. The predicted molar refractivity (Wildman–Crippen MR) is 122 cm³/mol. The first kappa shape index (κ1) is 29.1. The Labute approximate surface area is 209 Å². The number of nitrogens with zero attached hydrogens (tertiary/aromatic N) is 1. The molecule has 1 saturated heterocycles. The zero-order valence-corrected chi connectivity index (χ0v) is 21.6. The molecule has 7 atom stereocenters. The Bertz CT molecular complexity index is 1190.